The average Bonchev–Trinajstić information content (AvgIpc) is 2.91. The quantitative estimate of drug-likeness (QED) is 0.617. The average molecular weight is 221 g/mol. The van der Waals surface area contributed by atoms with E-state index in [4.69, 9.17) is 0 Å². The molecule has 3 aromatic rings. The fourth-order valence-corrected chi connectivity index (χ4v) is 1.94. The van der Waals surface area contributed by atoms with E-state index < -0.39 is 0 Å². The molecule has 0 saturated heterocycles. The van der Waals surface area contributed by atoms with Gasteiger partial charge in [0.05, 0.1) is 0 Å². The number of benzene rings is 2. The second kappa shape index (κ2) is 3.91. The lowest BCUT2D eigenvalue weighted by molar-refractivity contribution is 0.0960. The van der Waals surface area contributed by atoms with Crippen molar-refractivity contribution in [3.8, 4) is 0 Å². The Morgan fingerprint density at radius 2 is 1.53 bits per heavy atom. The number of hydrogen-bond acceptors (Lipinski definition) is 1. The molecule has 0 aliphatic rings. The first-order chi connectivity index (χ1) is 8.34. The predicted octanol–water partition coefficient (Wildman–Crippen LogP) is 3.33. The molecule has 0 spiro atoms. The molecule has 0 radical (unpaired) electrons. The minimum atomic E-state index is 0.000697. The van der Waals surface area contributed by atoms with Crippen LogP contribution in [0.3, 0.4) is 0 Å². The van der Waals surface area contributed by atoms with Crippen LogP contribution in [-0.4, -0.2) is 10.5 Å². The third-order valence-corrected chi connectivity index (χ3v) is 2.84. The van der Waals surface area contributed by atoms with Crippen LogP contribution in [0.15, 0.2) is 67.0 Å². The SMILES string of the molecule is O=C(c1ccc2ccccc2c1)n1cccc1. The second-order valence-corrected chi connectivity index (χ2v) is 3.96. The molecule has 2 aromatic carbocycles. The summed E-state index contributed by atoms with van der Waals surface area (Å²) in [6, 6.07) is 17.5. The molecule has 0 bridgehead atoms. The van der Waals surface area contributed by atoms with Crippen LogP contribution in [0.5, 0.6) is 0 Å². The summed E-state index contributed by atoms with van der Waals surface area (Å²) in [5.41, 5.74) is 0.708. The van der Waals surface area contributed by atoms with Crippen LogP contribution in [0.25, 0.3) is 10.8 Å². The van der Waals surface area contributed by atoms with Crippen molar-refractivity contribution in [2.75, 3.05) is 0 Å². The van der Waals surface area contributed by atoms with Crippen molar-refractivity contribution in [2.24, 2.45) is 0 Å². The van der Waals surface area contributed by atoms with Gasteiger partial charge in [-0.1, -0.05) is 30.3 Å². The number of carbonyl (C=O) groups excluding carboxylic acids is 1. The minimum Gasteiger partial charge on any atom is -0.291 e. The third-order valence-electron chi connectivity index (χ3n) is 2.84. The Bertz CT molecular complexity index is 668. The van der Waals surface area contributed by atoms with Crippen LogP contribution in [-0.2, 0) is 0 Å². The van der Waals surface area contributed by atoms with Crippen molar-refractivity contribution < 1.29 is 4.79 Å². The van der Waals surface area contributed by atoms with Crippen molar-refractivity contribution in [2.45, 2.75) is 0 Å². The first-order valence-electron chi connectivity index (χ1n) is 5.51. The Balaban J connectivity index is 2.09. The number of hydrogen-bond donors (Lipinski definition) is 0. The number of carbonyl (C=O) groups is 1. The molecule has 1 heterocycles. The summed E-state index contributed by atoms with van der Waals surface area (Å²) in [5.74, 6) is 0.000697. The zero-order valence-corrected chi connectivity index (χ0v) is 9.21. The molecule has 82 valence electrons. The molecule has 0 amide bonds. The molecule has 2 nitrogen and oxygen atoms in total. The van der Waals surface area contributed by atoms with Crippen molar-refractivity contribution in [1.82, 2.24) is 4.57 Å². The van der Waals surface area contributed by atoms with Gasteiger partial charge in [-0.25, -0.2) is 0 Å². The van der Waals surface area contributed by atoms with E-state index in [0.29, 0.717) is 5.56 Å². The van der Waals surface area contributed by atoms with Gasteiger partial charge in [-0.3, -0.25) is 9.36 Å². The Morgan fingerprint density at radius 3 is 2.29 bits per heavy atom. The first-order valence-corrected chi connectivity index (χ1v) is 5.51. The molecule has 2 heteroatoms. The van der Waals surface area contributed by atoms with E-state index in [1.165, 1.54) is 0 Å². The summed E-state index contributed by atoms with van der Waals surface area (Å²) in [6.45, 7) is 0. The van der Waals surface area contributed by atoms with E-state index in [9.17, 15) is 4.79 Å². The van der Waals surface area contributed by atoms with Gasteiger partial charge in [-0.05, 0) is 35.0 Å². The maximum atomic E-state index is 12.1. The monoisotopic (exact) mass is 221 g/mol. The van der Waals surface area contributed by atoms with E-state index in [-0.39, 0.29) is 5.91 Å². The number of fused-ring (bicyclic) bond motifs is 1. The fraction of sp³-hybridized carbons (Fsp3) is 0. The molecule has 0 fully saturated rings. The maximum Gasteiger partial charge on any atom is 0.261 e. The molecule has 0 aliphatic heterocycles. The highest BCUT2D eigenvalue weighted by Crippen LogP contribution is 2.16. The van der Waals surface area contributed by atoms with Gasteiger partial charge in [0.25, 0.3) is 5.91 Å². The van der Waals surface area contributed by atoms with Crippen LogP contribution < -0.4 is 0 Å². The Hall–Kier alpha value is -2.35. The van der Waals surface area contributed by atoms with Gasteiger partial charge < -0.3 is 0 Å². The molecule has 17 heavy (non-hydrogen) atoms. The van der Waals surface area contributed by atoms with Crippen LogP contribution in [0.2, 0.25) is 0 Å². The van der Waals surface area contributed by atoms with Crippen molar-refractivity contribution >= 4 is 16.7 Å². The smallest absolute Gasteiger partial charge is 0.261 e. The molecular weight excluding hydrogens is 210 g/mol. The molecule has 0 atom stereocenters. The standard InChI is InChI=1S/C15H11NO/c17-15(16-9-3-4-10-16)14-8-7-12-5-1-2-6-13(12)11-14/h1-11H. The maximum absolute atomic E-state index is 12.1. The molecule has 3 rings (SSSR count). The number of nitrogens with zero attached hydrogens (tertiary/aromatic N) is 1. The normalized spacial score (nSPS) is 10.6. The predicted molar refractivity (Wildman–Crippen MR) is 68.1 cm³/mol. The molecule has 1 aromatic heterocycles. The van der Waals surface area contributed by atoms with Gasteiger partial charge in [-0.15, -0.1) is 0 Å². The summed E-state index contributed by atoms with van der Waals surface area (Å²) < 4.78 is 1.59. The van der Waals surface area contributed by atoms with Gasteiger partial charge in [0.1, 0.15) is 0 Å². The molecular formula is C15H11NO. The molecule has 0 unspecified atom stereocenters. The Kier molecular flexibility index (Phi) is 2.26. The van der Waals surface area contributed by atoms with E-state index in [1.54, 1.807) is 17.0 Å². The van der Waals surface area contributed by atoms with Crippen LogP contribution in [0.1, 0.15) is 10.4 Å². The van der Waals surface area contributed by atoms with Crippen LogP contribution >= 0.6 is 0 Å². The Labute approximate surface area is 99.1 Å². The van der Waals surface area contributed by atoms with E-state index in [1.807, 2.05) is 54.6 Å². The third kappa shape index (κ3) is 1.74. The van der Waals surface area contributed by atoms with Gasteiger partial charge >= 0.3 is 0 Å². The van der Waals surface area contributed by atoms with E-state index in [0.717, 1.165) is 10.8 Å². The molecule has 0 saturated carbocycles. The van der Waals surface area contributed by atoms with Crippen molar-refractivity contribution in [1.29, 1.82) is 0 Å². The zero-order chi connectivity index (χ0) is 11.7. The lowest BCUT2D eigenvalue weighted by Gasteiger charge is -2.03. The van der Waals surface area contributed by atoms with Gasteiger partial charge in [0, 0.05) is 18.0 Å². The van der Waals surface area contributed by atoms with Crippen molar-refractivity contribution in [3.05, 3.63) is 72.6 Å². The van der Waals surface area contributed by atoms with E-state index >= 15 is 0 Å². The highest BCUT2D eigenvalue weighted by Gasteiger charge is 2.07. The number of aromatic nitrogens is 1. The van der Waals surface area contributed by atoms with Crippen molar-refractivity contribution in [3.63, 3.8) is 0 Å². The topological polar surface area (TPSA) is 22.0 Å². The zero-order valence-electron chi connectivity index (χ0n) is 9.21. The van der Waals surface area contributed by atoms with E-state index in [2.05, 4.69) is 0 Å². The largest absolute Gasteiger partial charge is 0.291 e. The summed E-state index contributed by atoms with van der Waals surface area (Å²) in [7, 11) is 0. The molecule has 0 N–H and O–H groups in total. The summed E-state index contributed by atoms with van der Waals surface area (Å²) in [5, 5.41) is 2.24. The van der Waals surface area contributed by atoms with Crippen LogP contribution in [0.4, 0.5) is 0 Å². The van der Waals surface area contributed by atoms with Crippen LogP contribution in [0, 0.1) is 0 Å². The second-order valence-electron chi connectivity index (χ2n) is 3.96. The van der Waals surface area contributed by atoms with Gasteiger partial charge in [0.15, 0.2) is 0 Å². The highest BCUT2D eigenvalue weighted by molar-refractivity contribution is 5.99. The highest BCUT2D eigenvalue weighted by atomic mass is 16.2. The summed E-state index contributed by atoms with van der Waals surface area (Å²) in [4.78, 5) is 12.1. The van der Waals surface area contributed by atoms with Gasteiger partial charge in [0.2, 0.25) is 0 Å². The minimum absolute atomic E-state index is 0.000697. The summed E-state index contributed by atoms with van der Waals surface area (Å²) >= 11 is 0. The Morgan fingerprint density at radius 1 is 0.824 bits per heavy atom. The summed E-state index contributed by atoms with van der Waals surface area (Å²) in [6.07, 6.45) is 3.52. The number of rotatable bonds is 1. The lowest BCUT2D eigenvalue weighted by atomic mass is 10.1. The van der Waals surface area contributed by atoms with Gasteiger partial charge in [-0.2, -0.15) is 0 Å². The molecule has 0 aliphatic carbocycles. The first kappa shape index (κ1) is 9.85. The lowest BCUT2D eigenvalue weighted by Crippen LogP contribution is -2.09. The fourth-order valence-electron chi connectivity index (χ4n) is 1.94.